The first kappa shape index (κ1) is 14.0. The Morgan fingerprint density at radius 1 is 1.37 bits per heavy atom. The summed E-state index contributed by atoms with van der Waals surface area (Å²) in [5, 5.41) is 3.32. The van der Waals surface area contributed by atoms with Crippen molar-refractivity contribution in [2.24, 2.45) is 5.92 Å². The first-order valence-corrected chi connectivity index (χ1v) is 6.82. The van der Waals surface area contributed by atoms with Crippen LogP contribution in [-0.2, 0) is 16.1 Å². The quantitative estimate of drug-likeness (QED) is 0.869. The highest BCUT2D eigenvalue weighted by Gasteiger charge is 2.35. The molecule has 1 aliphatic heterocycles. The molecule has 1 amide bonds. The minimum absolute atomic E-state index is 0.0614. The molecule has 104 valence electrons. The highest BCUT2D eigenvalue weighted by Crippen LogP contribution is 2.17. The van der Waals surface area contributed by atoms with Gasteiger partial charge in [0, 0.05) is 19.6 Å². The van der Waals surface area contributed by atoms with Crippen molar-refractivity contribution in [2.75, 3.05) is 26.8 Å². The van der Waals surface area contributed by atoms with Crippen LogP contribution in [0.15, 0.2) is 30.3 Å². The van der Waals surface area contributed by atoms with E-state index in [0.717, 1.165) is 12.1 Å². The second kappa shape index (κ2) is 6.68. The largest absolute Gasteiger partial charge is 0.379 e. The molecule has 2 unspecified atom stereocenters. The van der Waals surface area contributed by atoms with Crippen LogP contribution >= 0.6 is 0 Å². The molecule has 1 aromatic rings. The zero-order valence-electron chi connectivity index (χ0n) is 11.6. The van der Waals surface area contributed by atoms with E-state index < -0.39 is 0 Å². The lowest BCUT2D eigenvalue weighted by Gasteiger charge is -2.24. The zero-order valence-corrected chi connectivity index (χ0v) is 11.6. The molecule has 1 saturated heterocycles. The van der Waals surface area contributed by atoms with E-state index >= 15 is 0 Å². The van der Waals surface area contributed by atoms with E-state index in [9.17, 15) is 4.79 Å². The van der Waals surface area contributed by atoms with Crippen molar-refractivity contribution in [2.45, 2.75) is 19.5 Å². The van der Waals surface area contributed by atoms with Crippen LogP contribution in [0.4, 0.5) is 0 Å². The van der Waals surface area contributed by atoms with Crippen molar-refractivity contribution in [1.29, 1.82) is 0 Å². The van der Waals surface area contributed by atoms with Crippen molar-refractivity contribution in [3.8, 4) is 0 Å². The number of amides is 1. The Morgan fingerprint density at radius 2 is 2.11 bits per heavy atom. The van der Waals surface area contributed by atoms with Gasteiger partial charge in [-0.1, -0.05) is 37.3 Å². The summed E-state index contributed by atoms with van der Waals surface area (Å²) in [6.45, 7) is 4.71. The van der Waals surface area contributed by atoms with Gasteiger partial charge >= 0.3 is 0 Å². The van der Waals surface area contributed by atoms with Crippen LogP contribution < -0.4 is 5.32 Å². The standard InChI is InChI=1S/C15H22N2O2/c1-3-16-14-11-19-10-13(14)15(18)17(2)9-12-7-5-4-6-8-12/h4-8,13-14,16H,3,9-11H2,1-2H3. The molecular formula is C15H22N2O2. The summed E-state index contributed by atoms with van der Waals surface area (Å²) in [4.78, 5) is 14.2. The molecule has 2 rings (SSSR count). The number of carbonyl (C=O) groups excluding carboxylic acids is 1. The molecule has 0 spiro atoms. The number of carbonyl (C=O) groups is 1. The SMILES string of the molecule is CCNC1COCC1C(=O)N(C)Cc1ccccc1. The van der Waals surface area contributed by atoms with E-state index in [2.05, 4.69) is 5.32 Å². The van der Waals surface area contributed by atoms with Crippen LogP contribution in [0.5, 0.6) is 0 Å². The van der Waals surface area contributed by atoms with Gasteiger partial charge in [0.15, 0.2) is 0 Å². The normalized spacial score (nSPS) is 22.4. The van der Waals surface area contributed by atoms with E-state index in [4.69, 9.17) is 4.74 Å². The summed E-state index contributed by atoms with van der Waals surface area (Å²) in [5.74, 6) is 0.0981. The number of nitrogens with one attached hydrogen (secondary N) is 1. The fourth-order valence-electron chi connectivity index (χ4n) is 2.48. The minimum atomic E-state index is -0.0614. The number of benzene rings is 1. The molecule has 1 aromatic carbocycles. The van der Waals surface area contributed by atoms with Crippen molar-refractivity contribution >= 4 is 5.91 Å². The number of likely N-dealkylation sites (N-methyl/N-ethyl adjacent to an activating group) is 1. The lowest BCUT2D eigenvalue weighted by atomic mass is 10.0. The van der Waals surface area contributed by atoms with Gasteiger partial charge in [-0.3, -0.25) is 4.79 Å². The van der Waals surface area contributed by atoms with Gasteiger partial charge in [0.1, 0.15) is 0 Å². The van der Waals surface area contributed by atoms with E-state index in [1.54, 1.807) is 4.90 Å². The molecule has 1 heterocycles. The van der Waals surface area contributed by atoms with Crippen molar-refractivity contribution in [3.63, 3.8) is 0 Å². The van der Waals surface area contributed by atoms with E-state index in [1.165, 1.54) is 0 Å². The van der Waals surface area contributed by atoms with Gasteiger partial charge in [0.2, 0.25) is 5.91 Å². The molecule has 0 radical (unpaired) electrons. The first-order valence-electron chi connectivity index (χ1n) is 6.82. The molecule has 0 aromatic heterocycles. The van der Waals surface area contributed by atoms with Crippen molar-refractivity contribution < 1.29 is 9.53 Å². The van der Waals surface area contributed by atoms with Crippen LogP contribution in [0.1, 0.15) is 12.5 Å². The maximum absolute atomic E-state index is 12.4. The summed E-state index contributed by atoms with van der Waals surface area (Å²) < 4.78 is 5.43. The van der Waals surface area contributed by atoms with Crippen LogP contribution in [0.3, 0.4) is 0 Å². The molecule has 4 heteroatoms. The van der Waals surface area contributed by atoms with Gasteiger partial charge in [-0.2, -0.15) is 0 Å². The Labute approximate surface area is 114 Å². The second-order valence-corrected chi connectivity index (χ2v) is 4.99. The zero-order chi connectivity index (χ0) is 13.7. The minimum Gasteiger partial charge on any atom is -0.379 e. The van der Waals surface area contributed by atoms with E-state index in [-0.39, 0.29) is 17.9 Å². The number of hydrogen-bond acceptors (Lipinski definition) is 3. The van der Waals surface area contributed by atoms with Gasteiger partial charge in [-0.05, 0) is 12.1 Å². The number of rotatable bonds is 5. The smallest absolute Gasteiger partial charge is 0.229 e. The van der Waals surface area contributed by atoms with Gasteiger partial charge in [0.05, 0.1) is 19.1 Å². The number of hydrogen-bond donors (Lipinski definition) is 1. The van der Waals surface area contributed by atoms with E-state index in [1.807, 2.05) is 44.3 Å². The molecular weight excluding hydrogens is 240 g/mol. The van der Waals surface area contributed by atoms with Gasteiger partial charge in [-0.25, -0.2) is 0 Å². The third kappa shape index (κ3) is 3.55. The first-order chi connectivity index (χ1) is 9.22. The average Bonchev–Trinajstić information content (AvgIpc) is 2.87. The number of ether oxygens (including phenoxy) is 1. The third-order valence-electron chi connectivity index (χ3n) is 3.50. The maximum Gasteiger partial charge on any atom is 0.229 e. The molecule has 4 nitrogen and oxygen atoms in total. The summed E-state index contributed by atoms with van der Waals surface area (Å²) in [5.41, 5.74) is 1.15. The molecule has 0 aliphatic carbocycles. The fraction of sp³-hybridized carbons (Fsp3) is 0.533. The molecule has 2 atom stereocenters. The Kier molecular flexibility index (Phi) is 4.93. The maximum atomic E-state index is 12.4. The summed E-state index contributed by atoms with van der Waals surface area (Å²) in [6.07, 6.45) is 0. The fourth-order valence-corrected chi connectivity index (χ4v) is 2.48. The van der Waals surface area contributed by atoms with Crippen LogP contribution in [-0.4, -0.2) is 43.7 Å². The molecule has 1 aliphatic rings. The Balaban J connectivity index is 1.95. The van der Waals surface area contributed by atoms with Crippen molar-refractivity contribution in [3.05, 3.63) is 35.9 Å². The predicted molar refractivity (Wildman–Crippen MR) is 74.7 cm³/mol. The third-order valence-corrected chi connectivity index (χ3v) is 3.50. The molecule has 1 N–H and O–H groups in total. The van der Waals surface area contributed by atoms with Gasteiger partial charge in [0.25, 0.3) is 0 Å². The monoisotopic (exact) mass is 262 g/mol. The van der Waals surface area contributed by atoms with Crippen LogP contribution in [0.25, 0.3) is 0 Å². The Hall–Kier alpha value is -1.39. The number of nitrogens with zero attached hydrogens (tertiary/aromatic N) is 1. The molecule has 0 saturated carbocycles. The highest BCUT2D eigenvalue weighted by molar-refractivity contribution is 5.79. The summed E-state index contributed by atoms with van der Waals surface area (Å²) >= 11 is 0. The lowest BCUT2D eigenvalue weighted by Crippen LogP contribution is -2.44. The second-order valence-electron chi connectivity index (χ2n) is 4.99. The predicted octanol–water partition coefficient (Wildman–Crippen LogP) is 1.27. The lowest BCUT2D eigenvalue weighted by molar-refractivity contribution is -0.135. The summed E-state index contributed by atoms with van der Waals surface area (Å²) in [6, 6.07) is 10.2. The van der Waals surface area contributed by atoms with Crippen molar-refractivity contribution in [1.82, 2.24) is 10.2 Å². The van der Waals surface area contributed by atoms with Gasteiger partial charge in [-0.15, -0.1) is 0 Å². The molecule has 0 bridgehead atoms. The summed E-state index contributed by atoms with van der Waals surface area (Å²) in [7, 11) is 1.86. The topological polar surface area (TPSA) is 41.6 Å². The Bertz CT molecular complexity index is 408. The van der Waals surface area contributed by atoms with Crippen LogP contribution in [0.2, 0.25) is 0 Å². The average molecular weight is 262 g/mol. The molecule has 1 fully saturated rings. The van der Waals surface area contributed by atoms with E-state index in [0.29, 0.717) is 19.8 Å². The van der Waals surface area contributed by atoms with Crippen LogP contribution in [0, 0.1) is 5.92 Å². The highest BCUT2D eigenvalue weighted by atomic mass is 16.5. The Morgan fingerprint density at radius 3 is 2.79 bits per heavy atom. The van der Waals surface area contributed by atoms with Gasteiger partial charge < -0.3 is 15.0 Å². The molecule has 19 heavy (non-hydrogen) atoms.